The Bertz CT molecular complexity index is 631. The summed E-state index contributed by atoms with van der Waals surface area (Å²) in [5, 5.41) is 2.65. The van der Waals surface area contributed by atoms with E-state index in [-0.39, 0.29) is 41.7 Å². The first-order valence-electron chi connectivity index (χ1n) is 6.77. The van der Waals surface area contributed by atoms with Crippen LogP contribution in [0.15, 0.2) is 18.2 Å². The molecule has 7 heteroatoms. The van der Waals surface area contributed by atoms with Crippen LogP contribution >= 0.6 is 0 Å². The van der Waals surface area contributed by atoms with Crippen molar-refractivity contribution in [1.82, 2.24) is 5.32 Å². The standard InChI is InChI=1S/C14H17F2NO3S/c15-12-2-3-13(16)11(7-12)1-4-14(18)17-8-10-5-6-21(19,20)9-10/h2-3,7,10H,1,4-6,8-9H2,(H,17,18)/t10-/m1/s1. The minimum atomic E-state index is -2.95. The summed E-state index contributed by atoms with van der Waals surface area (Å²) in [6.07, 6.45) is 0.708. The molecule has 1 amide bonds. The minimum Gasteiger partial charge on any atom is -0.356 e. The zero-order valence-electron chi connectivity index (χ0n) is 11.4. The molecular weight excluding hydrogens is 300 g/mol. The van der Waals surface area contributed by atoms with Crippen molar-refractivity contribution in [2.45, 2.75) is 19.3 Å². The molecule has 1 saturated heterocycles. The maximum absolute atomic E-state index is 13.4. The van der Waals surface area contributed by atoms with Gasteiger partial charge in [0, 0.05) is 13.0 Å². The number of amides is 1. The molecule has 21 heavy (non-hydrogen) atoms. The second-order valence-electron chi connectivity index (χ2n) is 5.31. The molecule has 4 nitrogen and oxygen atoms in total. The number of aryl methyl sites for hydroxylation is 1. The summed E-state index contributed by atoms with van der Waals surface area (Å²) >= 11 is 0. The third kappa shape index (κ3) is 4.77. The number of hydrogen-bond donors (Lipinski definition) is 1. The van der Waals surface area contributed by atoms with Gasteiger partial charge in [0.2, 0.25) is 5.91 Å². The molecule has 1 aliphatic rings. The fourth-order valence-corrected chi connectivity index (χ4v) is 4.22. The van der Waals surface area contributed by atoms with Crippen LogP contribution in [-0.2, 0) is 21.1 Å². The van der Waals surface area contributed by atoms with Gasteiger partial charge in [-0.05, 0) is 42.5 Å². The molecular formula is C14H17F2NO3S. The summed E-state index contributed by atoms with van der Waals surface area (Å²) in [5.74, 6) is -1.14. The second-order valence-corrected chi connectivity index (χ2v) is 7.54. The molecule has 116 valence electrons. The molecule has 1 N–H and O–H groups in total. The molecule has 2 rings (SSSR count). The average molecular weight is 317 g/mol. The predicted molar refractivity (Wildman–Crippen MR) is 74.4 cm³/mol. The Labute approximate surface area is 122 Å². The van der Waals surface area contributed by atoms with Crippen LogP contribution in [0.2, 0.25) is 0 Å². The van der Waals surface area contributed by atoms with E-state index in [1.807, 2.05) is 0 Å². The zero-order valence-corrected chi connectivity index (χ0v) is 12.3. The Kier molecular flexibility index (Phi) is 4.92. The summed E-state index contributed by atoms with van der Waals surface area (Å²) in [6.45, 7) is 0.309. The first-order valence-corrected chi connectivity index (χ1v) is 8.59. The molecule has 1 aromatic carbocycles. The van der Waals surface area contributed by atoms with Crippen molar-refractivity contribution in [3.63, 3.8) is 0 Å². The predicted octanol–water partition coefficient (Wildman–Crippen LogP) is 1.45. The number of carbonyl (C=O) groups excluding carboxylic acids is 1. The Morgan fingerprint density at radius 1 is 1.33 bits per heavy atom. The van der Waals surface area contributed by atoms with E-state index < -0.39 is 21.5 Å². The normalized spacial score (nSPS) is 20.4. The quantitative estimate of drug-likeness (QED) is 0.894. The Morgan fingerprint density at radius 3 is 2.76 bits per heavy atom. The van der Waals surface area contributed by atoms with Gasteiger partial charge >= 0.3 is 0 Å². The lowest BCUT2D eigenvalue weighted by Gasteiger charge is -2.10. The number of hydrogen-bond acceptors (Lipinski definition) is 3. The maximum atomic E-state index is 13.4. The molecule has 0 aromatic heterocycles. The van der Waals surface area contributed by atoms with Crippen molar-refractivity contribution in [1.29, 1.82) is 0 Å². The van der Waals surface area contributed by atoms with Crippen LogP contribution < -0.4 is 5.32 Å². The number of halogens is 2. The van der Waals surface area contributed by atoms with E-state index in [1.165, 1.54) is 0 Å². The highest BCUT2D eigenvalue weighted by Gasteiger charge is 2.27. The average Bonchev–Trinajstić information content (AvgIpc) is 2.77. The highest BCUT2D eigenvalue weighted by molar-refractivity contribution is 7.91. The summed E-state index contributed by atoms with van der Waals surface area (Å²) in [5.41, 5.74) is 0.161. The fraction of sp³-hybridized carbons (Fsp3) is 0.500. The number of sulfone groups is 1. The molecule has 1 atom stereocenters. The summed E-state index contributed by atoms with van der Waals surface area (Å²) in [7, 11) is -2.95. The largest absolute Gasteiger partial charge is 0.356 e. The first kappa shape index (κ1) is 15.9. The molecule has 1 aromatic rings. The Hall–Kier alpha value is -1.50. The van der Waals surface area contributed by atoms with Gasteiger partial charge in [0.1, 0.15) is 11.6 Å². The van der Waals surface area contributed by atoms with Crippen molar-refractivity contribution >= 4 is 15.7 Å². The van der Waals surface area contributed by atoms with Gasteiger partial charge in [-0.1, -0.05) is 0 Å². The van der Waals surface area contributed by atoms with Crippen molar-refractivity contribution in [3.8, 4) is 0 Å². The van der Waals surface area contributed by atoms with Crippen molar-refractivity contribution in [3.05, 3.63) is 35.4 Å². The van der Waals surface area contributed by atoms with Crippen LogP contribution in [-0.4, -0.2) is 32.4 Å². The monoisotopic (exact) mass is 317 g/mol. The van der Waals surface area contributed by atoms with Crippen molar-refractivity contribution in [2.24, 2.45) is 5.92 Å². The van der Waals surface area contributed by atoms with Crippen LogP contribution in [0, 0.1) is 17.6 Å². The fourth-order valence-electron chi connectivity index (χ4n) is 2.36. The van der Waals surface area contributed by atoms with Gasteiger partial charge in [0.05, 0.1) is 11.5 Å². The third-order valence-electron chi connectivity index (χ3n) is 3.54. The highest BCUT2D eigenvalue weighted by atomic mass is 32.2. The molecule has 1 heterocycles. The SMILES string of the molecule is O=C(CCc1cc(F)ccc1F)NC[C@H]1CCS(=O)(=O)C1. The minimum absolute atomic E-state index is 0.0415. The van der Waals surface area contributed by atoms with Crippen LogP contribution in [0.1, 0.15) is 18.4 Å². The van der Waals surface area contributed by atoms with E-state index >= 15 is 0 Å². The van der Waals surface area contributed by atoms with Crippen molar-refractivity contribution < 1.29 is 22.0 Å². The molecule has 1 fully saturated rings. The van der Waals surface area contributed by atoms with Gasteiger partial charge in [0.25, 0.3) is 0 Å². The summed E-state index contributed by atoms with van der Waals surface area (Å²) in [6, 6.07) is 3.14. The Morgan fingerprint density at radius 2 is 2.10 bits per heavy atom. The van der Waals surface area contributed by atoms with Crippen molar-refractivity contribution in [2.75, 3.05) is 18.1 Å². The lowest BCUT2D eigenvalue weighted by Crippen LogP contribution is -2.30. The van der Waals surface area contributed by atoms with E-state index in [0.717, 1.165) is 18.2 Å². The summed E-state index contributed by atoms with van der Waals surface area (Å²) in [4.78, 5) is 11.7. The van der Waals surface area contributed by atoms with Gasteiger partial charge < -0.3 is 5.32 Å². The van der Waals surface area contributed by atoms with Crippen LogP contribution in [0.25, 0.3) is 0 Å². The second kappa shape index (κ2) is 6.51. The Balaban J connectivity index is 1.76. The number of benzene rings is 1. The number of rotatable bonds is 5. The van der Waals surface area contributed by atoms with Gasteiger partial charge in [0.15, 0.2) is 9.84 Å². The smallest absolute Gasteiger partial charge is 0.220 e. The van der Waals surface area contributed by atoms with E-state index in [2.05, 4.69) is 5.32 Å². The van der Waals surface area contributed by atoms with E-state index in [0.29, 0.717) is 13.0 Å². The highest BCUT2D eigenvalue weighted by Crippen LogP contribution is 2.17. The van der Waals surface area contributed by atoms with Gasteiger partial charge in [-0.3, -0.25) is 4.79 Å². The van der Waals surface area contributed by atoms with Gasteiger partial charge in [-0.2, -0.15) is 0 Å². The number of carbonyl (C=O) groups is 1. The summed E-state index contributed by atoms with van der Waals surface area (Å²) < 4.78 is 48.9. The molecule has 0 spiro atoms. The van der Waals surface area contributed by atoms with E-state index in [1.54, 1.807) is 0 Å². The van der Waals surface area contributed by atoms with Gasteiger partial charge in [-0.25, -0.2) is 17.2 Å². The molecule has 0 bridgehead atoms. The van der Waals surface area contributed by atoms with Crippen LogP contribution in [0.3, 0.4) is 0 Å². The lowest BCUT2D eigenvalue weighted by molar-refractivity contribution is -0.121. The molecule has 0 radical (unpaired) electrons. The first-order chi connectivity index (χ1) is 9.85. The third-order valence-corrected chi connectivity index (χ3v) is 5.38. The van der Waals surface area contributed by atoms with E-state index in [9.17, 15) is 22.0 Å². The molecule has 0 aliphatic carbocycles. The lowest BCUT2D eigenvalue weighted by atomic mass is 10.1. The topological polar surface area (TPSA) is 63.2 Å². The van der Waals surface area contributed by atoms with Crippen LogP contribution in [0.4, 0.5) is 8.78 Å². The molecule has 0 unspecified atom stereocenters. The molecule has 0 saturated carbocycles. The number of nitrogens with one attached hydrogen (secondary N) is 1. The molecule has 1 aliphatic heterocycles. The van der Waals surface area contributed by atoms with Crippen LogP contribution in [0.5, 0.6) is 0 Å². The maximum Gasteiger partial charge on any atom is 0.220 e. The van der Waals surface area contributed by atoms with Gasteiger partial charge in [-0.15, -0.1) is 0 Å². The zero-order chi connectivity index (χ0) is 15.5. The van der Waals surface area contributed by atoms with E-state index in [4.69, 9.17) is 0 Å².